The van der Waals surface area contributed by atoms with Gasteiger partial charge in [-0.1, -0.05) is 56.0 Å². The first-order valence-corrected chi connectivity index (χ1v) is 11.3. The molecule has 0 amide bonds. The molecule has 28 heavy (non-hydrogen) atoms. The first kappa shape index (κ1) is 21.2. The summed E-state index contributed by atoms with van der Waals surface area (Å²) in [6.45, 7) is 4.13. The van der Waals surface area contributed by atoms with E-state index in [2.05, 4.69) is 66.1 Å². The van der Waals surface area contributed by atoms with Gasteiger partial charge >= 0.3 is 0 Å². The number of unbranched alkanes of at least 4 members (excludes halogenated alkanes) is 5. The van der Waals surface area contributed by atoms with Crippen LogP contribution in [0.1, 0.15) is 61.3 Å². The van der Waals surface area contributed by atoms with Crippen LogP contribution in [-0.4, -0.2) is 27.3 Å². The molecule has 1 unspecified atom stereocenters. The van der Waals surface area contributed by atoms with E-state index in [-0.39, 0.29) is 6.04 Å². The lowest BCUT2D eigenvalue weighted by molar-refractivity contribution is 0.192. The molecule has 3 nitrogen and oxygen atoms in total. The number of methoxy groups -OCH3 is 1. The highest BCUT2D eigenvalue weighted by Gasteiger charge is 2.26. The van der Waals surface area contributed by atoms with Gasteiger partial charge in [-0.15, -0.1) is 0 Å². The van der Waals surface area contributed by atoms with Gasteiger partial charge in [0.1, 0.15) is 0 Å². The molecule has 1 N–H and O–H groups in total. The second-order valence-corrected chi connectivity index (χ2v) is 8.86. The molecule has 1 aliphatic rings. The van der Waals surface area contributed by atoms with Crippen LogP contribution in [0, 0.1) is 6.92 Å². The molecule has 2 aromatic rings. The highest BCUT2D eigenvalue weighted by atomic mass is 32.2. The number of rotatable bonds is 10. The summed E-state index contributed by atoms with van der Waals surface area (Å²) >= 11 is 1.83. The van der Waals surface area contributed by atoms with Crippen LogP contribution < -0.4 is 9.62 Å². The van der Waals surface area contributed by atoms with Crippen molar-refractivity contribution in [1.29, 1.82) is 0 Å². The molecule has 4 heteroatoms. The predicted octanol–water partition coefficient (Wildman–Crippen LogP) is 6.12. The molecule has 0 aliphatic carbocycles. The molecular formula is C24H34N2OS. The molecule has 1 aliphatic heterocycles. The van der Waals surface area contributed by atoms with Gasteiger partial charge in [0.05, 0.1) is 11.7 Å². The summed E-state index contributed by atoms with van der Waals surface area (Å²) in [5, 5.41) is 3.87. The van der Waals surface area contributed by atoms with Crippen LogP contribution in [-0.2, 0) is 4.74 Å². The summed E-state index contributed by atoms with van der Waals surface area (Å²) in [6.07, 6.45) is 7.64. The van der Waals surface area contributed by atoms with Crippen LogP contribution in [0.5, 0.6) is 0 Å². The van der Waals surface area contributed by atoms with Crippen molar-refractivity contribution in [2.24, 2.45) is 0 Å². The quantitative estimate of drug-likeness (QED) is 0.385. The minimum Gasteiger partial charge on any atom is -0.385 e. The Labute approximate surface area is 175 Å². The van der Waals surface area contributed by atoms with Crippen LogP contribution in [0.4, 0.5) is 5.69 Å². The molecule has 152 valence electrons. The minimum absolute atomic E-state index is 0.256. The van der Waals surface area contributed by atoms with Crippen molar-refractivity contribution in [3.63, 3.8) is 0 Å². The molecule has 0 aromatic heterocycles. The lowest BCUT2D eigenvalue weighted by Crippen LogP contribution is -2.24. The second-order valence-electron chi connectivity index (χ2n) is 7.69. The number of ether oxygens (including phenoxy) is 1. The lowest BCUT2D eigenvalue weighted by atomic mass is 9.96. The highest BCUT2D eigenvalue weighted by Crippen LogP contribution is 2.43. The summed E-state index contributed by atoms with van der Waals surface area (Å²) in [7, 11) is 3.95. The topological polar surface area (TPSA) is 24.5 Å². The molecule has 1 heterocycles. The molecule has 0 radical (unpaired) electrons. The van der Waals surface area contributed by atoms with Crippen LogP contribution in [0.15, 0.2) is 47.4 Å². The maximum absolute atomic E-state index is 5.12. The number of para-hydroxylation sites is 1. The van der Waals surface area contributed by atoms with Crippen LogP contribution in [0.25, 0.3) is 0 Å². The van der Waals surface area contributed by atoms with Crippen LogP contribution >= 0.6 is 11.9 Å². The number of hydrogen-bond donors (Lipinski definition) is 1. The SMILES string of the molecule is COCCCCCCCCNC1c2ccc(C)cc2SN(C)c2ccccc21. The summed E-state index contributed by atoms with van der Waals surface area (Å²) < 4.78 is 7.42. The lowest BCUT2D eigenvalue weighted by Gasteiger charge is -2.22. The van der Waals surface area contributed by atoms with Crippen molar-refractivity contribution in [1.82, 2.24) is 5.32 Å². The van der Waals surface area contributed by atoms with Crippen LogP contribution in [0.2, 0.25) is 0 Å². The molecule has 0 saturated heterocycles. The third kappa shape index (κ3) is 5.53. The van der Waals surface area contributed by atoms with Gasteiger partial charge in [-0.2, -0.15) is 0 Å². The van der Waals surface area contributed by atoms with E-state index in [0.29, 0.717) is 0 Å². The van der Waals surface area contributed by atoms with Crippen molar-refractivity contribution in [3.8, 4) is 0 Å². The van der Waals surface area contributed by atoms with E-state index in [9.17, 15) is 0 Å². The monoisotopic (exact) mass is 398 g/mol. The van der Waals surface area contributed by atoms with Gasteiger partial charge in [0, 0.05) is 25.7 Å². The number of fused-ring (bicyclic) bond motifs is 2. The number of benzene rings is 2. The Hall–Kier alpha value is -1.49. The molecule has 1 atom stereocenters. The van der Waals surface area contributed by atoms with Crippen molar-refractivity contribution < 1.29 is 4.74 Å². The first-order chi connectivity index (χ1) is 13.7. The maximum Gasteiger partial charge on any atom is 0.0609 e. The minimum atomic E-state index is 0.256. The van der Waals surface area contributed by atoms with Crippen molar-refractivity contribution in [2.75, 3.05) is 31.6 Å². The van der Waals surface area contributed by atoms with E-state index >= 15 is 0 Å². The molecule has 0 fully saturated rings. The Bertz CT molecular complexity index is 749. The molecule has 3 rings (SSSR count). The molecule has 0 bridgehead atoms. The maximum atomic E-state index is 5.12. The molecule has 2 aromatic carbocycles. The van der Waals surface area contributed by atoms with Crippen LogP contribution in [0.3, 0.4) is 0 Å². The Morgan fingerprint density at radius 1 is 0.964 bits per heavy atom. The first-order valence-electron chi connectivity index (χ1n) is 10.5. The van der Waals surface area contributed by atoms with E-state index < -0.39 is 0 Å². The zero-order valence-corrected chi connectivity index (χ0v) is 18.4. The van der Waals surface area contributed by atoms with E-state index in [1.165, 1.54) is 65.8 Å². The number of nitrogens with one attached hydrogen (secondary N) is 1. The van der Waals surface area contributed by atoms with Gasteiger partial charge in [-0.3, -0.25) is 0 Å². The van der Waals surface area contributed by atoms with Gasteiger partial charge in [-0.05, 0) is 67.1 Å². The van der Waals surface area contributed by atoms with Gasteiger partial charge in [-0.25, -0.2) is 0 Å². The Kier molecular flexibility index (Phi) is 8.26. The van der Waals surface area contributed by atoms with Gasteiger partial charge in [0.15, 0.2) is 0 Å². The fourth-order valence-electron chi connectivity index (χ4n) is 3.89. The summed E-state index contributed by atoms with van der Waals surface area (Å²) in [5.74, 6) is 0. The zero-order chi connectivity index (χ0) is 19.8. The molecular weight excluding hydrogens is 364 g/mol. The molecule has 0 saturated carbocycles. The molecule has 0 spiro atoms. The van der Waals surface area contributed by atoms with E-state index in [1.807, 2.05) is 11.9 Å². The predicted molar refractivity (Wildman–Crippen MR) is 121 cm³/mol. The van der Waals surface area contributed by atoms with Crippen molar-refractivity contribution >= 4 is 17.6 Å². The third-order valence-corrected chi connectivity index (χ3v) is 6.45. The standard InChI is InChI=1S/C24H34N2OS/c1-19-14-15-21-23(18-19)28-26(2)22-13-9-8-12-20(22)24(21)25-16-10-6-4-5-7-11-17-27-3/h8-9,12-15,18,24-25H,4-7,10-11,16-17H2,1-3H3. The average Bonchev–Trinajstić information content (AvgIpc) is 2.81. The fourth-order valence-corrected chi connectivity index (χ4v) is 4.98. The Balaban J connectivity index is 1.62. The normalized spacial score (nSPS) is 15.8. The number of hydrogen-bond acceptors (Lipinski definition) is 4. The summed E-state index contributed by atoms with van der Waals surface area (Å²) in [4.78, 5) is 1.36. The fraction of sp³-hybridized carbons (Fsp3) is 0.500. The van der Waals surface area contributed by atoms with E-state index in [4.69, 9.17) is 4.74 Å². The van der Waals surface area contributed by atoms with Gasteiger partial charge < -0.3 is 14.4 Å². The smallest absolute Gasteiger partial charge is 0.0609 e. The van der Waals surface area contributed by atoms with E-state index in [0.717, 1.165) is 13.2 Å². The van der Waals surface area contributed by atoms with Gasteiger partial charge in [0.25, 0.3) is 0 Å². The van der Waals surface area contributed by atoms with Gasteiger partial charge in [0.2, 0.25) is 0 Å². The van der Waals surface area contributed by atoms with E-state index in [1.54, 1.807) is 7.11 Å². The number of nitrogens with zero attached hydrogens (tertiary/aromatic N) is 1. The highest BCUT2D eigenvalue weighted by molar-refractivity contribution is 8.00. The second kappa shape index (κ2) is 10.9. The Morgan fingerprint density at radius 2 is 1.71 bits per heavy atom. The van der Waals surface area contributed by atoms with Crippen molar-refractivity contribution in [3.05, 3.63) is 59.2 Å². The average molecular weight is 399 g/mol. The number of anilines is 1. The Morgan fingerprint density at radius 3 is 2.54 bits per heavy atom. The summed E-state index contributed by atoms with van der Waals surface area (Å²) in [6, 6.07) is 15.9. The third-order valence-electron chi connectivity index (χ3n) is 5.43. The zero-order valence-electron chi connectivity index (χ0n) is 17.5. The van der Waals surface area contributed by atoms with Crippen molar-refractivity contribution in [2.45, 2.75) is 56.4 Å². The summed E-state index contributed by atoms with van der Waals surface area (Å²) in [5.41, 5.74) is 5.39. The number of aryl methyl sites for hydroxylation is 1. The largest absolute Gasteiger partial charge is 0.385 e.